The van der Waals surface area contributed by atoms with E-state index in [2.05, 4.69) is 10.3 Å². The van der Waals surface area contributed by atoms with Gasteiger partial charge in [-0.05, 0) is 60.5 Å². The maximum absolute atomic E-state index is 13.3. The summed E-state index contributed by atoms with van der Waals surface area (Å²) in [6.45, 7) is 0.405. The van der Waals surface area contributed by atoms with E-state index in [4.69, 9.17) is 25.5 Å². The monoisotopic (exact) mass is 498 g/mol. The van der Waals surface area contributed by atoms with E-state index in [1.807, 2.05) is 18.2 Å². The Labute approximate surface area is 203 Å². The molecule has 0 aliphatic heterocycles. The third kappa shape index (κ3) is 5.03. The van der Waals surface area contributed by atoms with E-state index in [1.165, 1.54) is 12.1 Å². The third-order valence-corrected chi connectivity index (χ3v) is 7.07. The van der Waals surface area contributed by atoms with Crippen molar-refractivity contribution in [3.8, 4) is 23.0 Å². The van der Waals surface area contributed by atoms with Gasteiger partial charge in [-0.3, -0.25) is 0 Å². The number of halogens is 1. The Balaban J connectivity index is 1.63. The fourth-order valence-electron chi connectivity index (χ4n) is 3.38. The SMILES string of the molecule is COc1ccc(CCNc2oc(-c3ccc(Cl)cc3)nc2S(=O)(=O)c2ccccc2)cc1OC. The number of anilines is 1. The molecule has 1 aromatic heterocycles. The van der Waals surface area contributed by atoms with Crippen molar-refractivity contribution in [1.29, 1.82) is 0 Å². The van der Waals surface area contributed by atoms with Crippen LogP contribution in [0.25, 0.3) is 11.5 Å². The van der Waals surface area contributed by atoms with Gasteiger partial charge in [-0.15, -0.1) is 0 Å². The van der Waals surface area contributed by atoms with E-state index < -0.39 is 9.84 Å². The van der Waals surface area contributed by atoms with Crippen molar-refractivity contribution < 1.29 is 22.3 Å². The van der Waals surface area contributed by atoms with Crippen LogP contribution in [0.3, 0.4) is 0 Å². The topological polar surface area (TPSA) is 90.7 Å². The van der Waals surface area contributed by atoms with E-state index >= 15 is 0 Å². The van der Waals surface area contributed by atoms with Gasteiger partial charge in [-0.25, -0.2) is 8.42 Å². The predicted octanol–water partition coefficient (Wildman–Crippen LogP) is 5.50. The summed E-state index contributed by atoms with van der Waals surface area (Å²) >= 11 is 5.98. The van der Waals surface area contributed by atoms with Crippen LogP contribution < -0.4 is 14.8 Å². The molecule has 176 valence electrons. The predicted molar refractivity (Wildman–Crippen MR) is 131 cm³/mol. The number of rotatable bonds is 9. The quantitative estimate of drug-likeness (QED) is 0.326. The Kier molecular flexibility index (Phi) is 7.09. The van der Waals surface area contributed by atoms with Crippen molar-refractivity contribution in [2.45, 2.75) is 16.3 Å². The zero-order chi connectivity index (χ0) is 24.1. The summed E-state index contributed by atoms with van der Waals surface area (Å²) in [5, 5.41) is 3.48. The molecule has 0 saturated carbocycles. The molecular weight excluding hydrogens is 476 g/mol. The number of sulfone groups is 1. The Morgan fingerprint density at radius 3 is 2.32 bits per heavy atom. The highest BCUT2D eigenvalue weighted by molar-refractivity contribution is 7.91. The number of benzene rings is 3. The molecule has 0 saturated heterocycles. The second-order valence-electron chi connectivity index (χ2n) is 7.34. The molecule has 4 aromatic rings. The molecule has 3 aromatic carbocycles. The van der Waals surface area contributed by atoms with Gasteiger partial charge in [0.2, 0.25) is 26.6 Å². The largest absolute Gasteiger partial charge is 0.493 e. The first-order valence-corrected chi connectivity index (χ1v) is 12.3. The fourth-order valence-corrected chi connectivity index (χ4v) is 4.81. The van der Waals surface area contributed by atoms with Crippen molar-refractivity contribution in [3.05, 3.63) is 83.4 Å². The van der Waals surface area contributed by atoms with Crippen molar-refractivity contribution in [2.24, 2.45) is 0 Å². The van der Waals surface area contributed by atoms with Gasteiger partial charge in [-0.2, -0.15) is 4.98 Å². The number of hydrogen-bond donors (Lipinski definition) is 1. The average Bonchev–Trinajstić information content (AvgIpc) is 3.30. The van der Waals surface area contributed by atoms with Crippen LogP contribution in [0.15, 0.2) is 87.1 Å². The third-order valence-electron chi connectivity index (χ3n) is 5.14. The van der Waals surface area contributed by atoms with Crippen molar-refractivity contribution in [2.75, 3.05) is 26.1 Å². The molecule has 0 spiro atoms. The average molecular weight is 499 g/mol. The molecule has 1 heterocycles. The van der Waals surface area contributed by atoms with E-state index in [-0.39, 0.29) is 21.7 Å². The highest BCUT2D eigenvalue weighted by Crippen LogP contribution is 2.33. The molecule has 0 aliphatic rings. The van der Waals surface area contributed by atoms with Crippen LogP contribution in [-0.2, 0) is 16.3 Å². The maximum atomic E-state index is 13.3. The van der Waals surface area contributed by atoms with E-state index in [1.54, 1.807) is 56.7 Å². The van der Waals surface area contributed by atoms with Crippen molar-refractivity contribution >= 4 is 27.3 Å². The molecular formula is C25H23ClN2O5S. The lowest BCUT2D eigenvalue weighted by atomic mass is 10.1. The Hall–Kier alpha value is -3.49. The van der Waals surface area contributed by atoms with Crippen LogP contribution in [0.2, 0.25) is 5.02 Å². The Bertz CT molecular complexity index is 1370. The maximum Gasteiger partial charge on any atom is 0.233 e. The molecule has 7 nitrogen and oxygen atoms in total. The van der Waals surface area contributed by atoms with Gasteiger partial charge in [-0.1, -0.05) is 35.9 Å². The minimum absolute atomic E-state index is 0.0780. The molecule has 0 atom stereocenters. The molecule has 0 fully saturated rings. The summed E-state index contributed by atoms with van der Waals surface area (Å²) in [6, 6.07) is 20.6. The highest BCUT2D eigenvalue weighted by Gasteiger charge is 2.28. The molecule has 0 amide bonds. The number of nitrogens with one attached hydrogen (secondary N) is 1. The summed E-state index contributed by atoms with van der Waals surface area (Å²) < 4.78 is 43.2. The van der Waals surface area contributed by atoms with Crippen LogP contribution in [-0.4, -0.2) is 34.2 Å². The summed E-state index contributed by atoms with van der Waals surface area (Å²) in [4.78, 5) is 4.47. The first kappa shape index (κ1) is 23.7. The van der Waals surface area contributed by atoms with Crippen LogP contribution in [0.1, 0.15) is 5.56 Å². The van der Waals surface area contributed by atoms with Crippen molar-refractivity contribution in [1.82, 2.24) is 4.98 Å². The van der Waals surface area contributed by atoms with Gasteiger partial charge >= 0.3 is 0 Å². The molecule has 1 N–H and O–H groups in total. The van der Waals surface area contributed by atoms with Gasteiger partial charge in [0.1, 0.15) is 0 Å². The number of hydrogen-bond acceptors (Lipinski definition) is 7. The van der Waals surface area contributed by atoms with Gasteiger partial charge < -0.3 is 19.2 Å². The standard InChI is InChI=1S/C25H23ClN2O5S/c1-31-21-13-8-17(16-22(21)32-2)14-15-27-24-25(34(29,30)20-6-4-3-5-7-20)28-23(33-24)18-9-11-19(26)12-10-18/h3-13,16,27H,14-15H2,1-2H3. The minimum Gasteiger partial charge on any atom is -0.493 e. The van der Waals surface area contributed by atoms with Crippen LogP contribution >= 0.6 is 11.6 Å². The lowest BCUT2D eigenvalue weighted by Crippen LogP contribution is -2.10. The lowest BCUT2D eigenvalue weighted by molar-refractivity contribution is 0.354. The van der Waals surface area contributed by atoms with Crippen LogP contribution in [0.4, 0.5) is 5.88 Å². The van der Waals surface area contributed by atoms with E-state index in [0.717, 1.165) is 5.56 Å². The van der Waals surface area contributed by atoms with Crippen molar-refractivity contribution in [3.63, 3.8) is 0 Å². The molecule has 9 heteroatoms. The number of methoxy groups -OCH3 is 2. The fraction of sp³-hybridized carbons (Fsp3) is 0.160. The minimum atomic E-state index is -3.91. The Morgan fingerprint density at radius 1 is 0.941 bits per heavy atom. The van der Waals surface area contributed by atoms with E-state index in [0.29, 0.717) is 35.1 Å². The molecule has 0 bridgehead atoms. The van der Waals surface area contributed by atoms with Crippen LogP contribution in [0, 0.1) is 0 Å². The lowest BCUT2D eigenvalue weighted by Gasteiger charge is -2.10. The van der Waals surface area contributed by atoms with Gasteiger partial charge in [0.05, 0.1) is 19.1 Å². The summed E-state index contributed by atoms with van der Waals surface area (Å²) in [6.07, 6.45) is 0.585. The molecule has 0 radical (unpaired) electrons. The van der Waals surface area contributed by atoms with Crippen LogP contribution in [0.5, 0.6) is 11.5 Å². The molecule has 0 unspecified atom stereocenters. The molecule has 34 heavy (non-hydrogen) atoms. The zero-order valence-electron chi connectivity index (χ0n) is 18.6. The summed E-state index contributed by atoms with van der Waals surface area (Å²) in [7, 11) is -0.754. The number of oxazole rings is 1. The van der Waals surface area contributed by atoms with Gasteiger partial charge in [0.25, 0.3) is 0 Å². The second-order valence-corrected chi connectivity index (χ2v) is 9.64. The number of aromatic nitrogens is 1. The first-order valence-electron chi connectivity index (χ1n) is 10.4. The smallest absolute Gasteiger partial charge is 0.233 e. The molecule has 4 rings (SSSR count). The summed E-state index contributed by atoms with van der Waals surface area (Å²) in [5.74, 6) is 1.52. The normalized spacial score (nSPS) is 11.3. The Morgan fingerprint density at radius 2 is 1.65 bits per heavy atom. The summed E-state index contributed by atoms with van der Waals surface area (Å²) in [5.41, 5.74) is 1.59. The number of ether oxygens (including phenoxy) is 2. The number of nitrogens with zero attached hydrogens (tertiary/aromatic N) is 1. The van der Waals surface area contributed by atoms with Gasteiger partial charge in [0.15, 0.2) is 11.5 Å². The van der Waals surface area contributed by atoms with E-state index in [9.17, 15) is 8.42 Å². The second kappa shape index (κ2) is 10.2. The first-order chi connectivity index (χ1) is 16.4. The zero-order valence-corrected chi connectivity index (χ0v) is 20.2. The van der Waals surface area contributed by atoms with Gasteiger partial charge in [0, 0.05) is 17.1 Å². The molecule has 0 aliphatic carbocycles. The highest BCUT2D eigenvalue weighted by atomic mass is 35.5.